The van der Waals surface area contributed by atoms with Crippen LogP contribution in [0, 0.1) is 13.8 Å². The fraction of sp³-hybridized carbons (Fsp3) is 0.273. The number of aryl methyl sites for hydroxylation is 2. The summed E-state index contributed by atoms with van der Waals surface area (Å²) in [5.74, 6) is 1.18. The smallest absolute Gasteiger partial charge is 0.270 e. The van der Waals surface area contributed by atoms with Gasteiger partial charge in [0.1, 0.15) is 0 Å². The molecule has 7 heteroatoms. The normalized spacial score (nSPS) is 15.3. The molecule has 152 valence electrons. The summed E-state index contributed by atoms with van der Waals surface area (Å²) in [4.78, 5) is 15.2. The Labute approximate surface area is 189 Å². The maximum Gasteiger partial charge on any atom is 0.270 e. The van der Waals surface area contributed by atoms with Crippen molar-refractivity contribution < 1.29 is 14.3 Å². The van der Waals surface area contributed by atoms with Gasteiger partial charge in [0.25, 0.3) is 5.91 Å². The van der Waals surface area contributed by atoms with Gasteiger partial charge >= 0.3 is 0 Å². The van der Waals surface area contributed by atoms with E-state index in [1.807, 2.05) is 64.1 Å². The average molecular weight is 492 g/mol. The summed E-state index contributed by atoms with van der Waals surface area (Å²) in [7, 11) is 0. The van der Waals surface area contributed by atoms with E-state index in [1.165, 1.54) is 17.3 Å². The van der Waals surface area contributed by atoms with E-state index >= 15 is 0 Å². The van der Waals surface area contributed by atoms with E-state index in [9.17, 15) is 4.79 Å². The number of carbonyl (C=O) groups excluding carboxylic acids is 1. The maximum absolute atomic E-state index is 13.1. The van der Waals surface area contributed by atoms with Crippen molar-refractivity contribution in [3.63, 3.8) is 0 Å². The summed E-state index contributed by atoms with van der Waals surface area (Å²) < 4.78 is 12.7. The summed E-state index contributed by atoms with van der Waals surface area (Å²) in [6, 6.07) is 9.71. The van der Waals surface area contributed by atoms with Gasteiger partial charge in [0.2, 0.25) is 0 Å². The summed E-state index contributed by atoms with van der Waals surface area (Å²) in [6.07, 6.45) is 1.84. The van der Waals surface area contributed by atoms with Crippen LogP contribution in [0.5, 0.6) is 11.5 Å². The van der Waals surface area contributed by atoms with Gasteiger partial charge in [0.15, 0.2) is 15.8 Å². The molecule has 0 unspecified atom stereocenters. The first-order chi connectivity index (χ1) is 13.8. The highest BCUT2D eigenvalue weighted by molar-refractivity contribution is 9.10. The predicted octanol–water partition coefficient (Wildman–Crippen LogP) is 6.27. The Morgan fingerprint density at radius 1 is 1.10 bits per heavy atom. The van der Waals surface area contributed by atoms with Crippen LogP contribution in [0.3, 0.4) is 0 Å². The van der Waals surface area contributed by atoms with Crippen LogP contribution in [0.15, 0.2) is 39.7 Å². The monoisotopic (exact) mass is 491 g/mol. The Morgan fingerprint density at radius 2 is 1.83 bits per heavy atom. The third-order valence-corrected chi connectivity index (χ3v) is 6.35. The van der Waals surface area contributed by atoms with Crippen molar-refractivity contribution in [3.05, 3.63) is 56.4 Å². The van der Waals surface area contributed by atoms with E-state index in [1.54, 1.807) is 4.90 Å². The topological polar surface area (TPSA) is 38.8 Å². The zero-order valence-electron chi connectivity index (χ0n) is 16.7. The molecule has 0 N–H and O–H groups in total. The molecule has 2 aromatic carbocycles. The Hall–Kier alpha value is -1.83. The van der Waals surface area contributed by atoms with Gasteiger partial charge in [-0.05, 0) is 90.7 Å². The summed E-state index contributed by atoms with van der Waals surface area (Å²) in [6.45, 7) is 8.97. The fourth-order valence-corrected chi connectivity index (χ4v) is 4.80. The molecule has 0 radical (unpaired) electrons. The second-order valence-electron chi connectivity index (χ2n) is 6.48. The number of nitrogens with zero attached hydrogens (tertiary/aromatic N) is 1. The highest BCUT2D eigenvalue weighted by Crippen LogP contribution is 2.40. The second-order valence-corrected chi connectivity index (χ2v) is 9.01. The van der Waals surface area contributed by atoms with Crippen LogP contribution in [0.4, 0.5) is 5.69 Å². The highest BCUT2D eigenvalue weighted by Gasteiger charge is 2.33. The van der Waals surface area contributed by atoms with E-state index in [4.69, 9.17) is 21.7 Å². The first-order valence-corrected chi connectivity index (χ1v) is 11.3. The minimum atomic E-state index is -0.119. The van der Waals surface area contributed by atoms with Gasteiger partial charge in [0.05, 0.1) is 28.3 Å². The number of benzene rings is 2. The van der Waals surface area contributed by atoms with Gasteiger partial charge < -0.3 is 9.47 Å². The molecule has 1 saturated heterocycles. The van der Waals surface area contributed by atoms with Crippen LogP contribution in [0.2, 0.25) is 0 Å². The van der Waals surface area contributed by atoms with Crippen LogP contribution >= 0.6 is 39.9 Å². The van der Waals surface area contributed by atoms with Gasteiger partial charge in [0, 0.05) is 0 Å². The van der Waals surface area contributed by atoms with Crippen molar-refractivity contribution >= 4 is 61.9 Å². The van der Waals surface area contributed by atoms with Crippen molar-refractivity contribution in [2.24, 2.45) is 0 Å². The van der Waals surface area contributed by atoms with E-state index in [0.717, 1.165) is 21.3 Å². The molecule has 1 fully saturated rings. The lowest BCUT2D eigenvalue weighted by atomic mass is 10.1. The zero-order chi connectivity index (χ0) is 21.1. The first kappa shape index (κ1) is 21.9. The number of ether oxygens (including phenoxy) is 2. The number of anilines is 1. The van der Waals surface area contributed by atoms with E-state index < -0.39 is 0 Å². The minimum absolute atomic E-state index is 0.119. The molecule has 29 heavy (non-hydrogen) atoms. The number of thiocarbonyl (C=S) groups is 1. The molecular weight excluding hydrogens is 470 g/mol. The molecule has 0 bridgehead atoms. The van der Waals surface area contributed by atoms with Gasteiger partial charge in [-0.25, -0.2) is 0 Å². The van der Waals surface area contributed by atoms with Crippen LogP contribution in [-0.4, -0.2) is 23.4 Å². The first-order valence-electron chi connectivity index (χ1n) is 9.30. The molecule has 1 heterocycles. The van der Waals surface area contributed by atoms with Crippen molar-refractivity contribution in [2.75, 3.05) is 18.1 Å². The lowest BCUT2D eigenvalue weighted by molar-refractivity contribution is -0.113. The number of hydrogen-bond acceptors (Lipinski definition) is 5. The zero-order valence-corrected chi connectivity index (χ0v) is 20.0. The SMILES string of the molecule is CCOc1cc(/C=C2/SC(=S)N(c3ccc(C)c(C)c3)C2=O)cc(Br)c1OCC. The number of thioether (sulfide) groups is 1. The predicted molar refractivity (Wildman–Crippen MR) is 128 cm³/mol. The largest absolute Gasteiger partial charge is 0.490 e. The van der Waals surface area contributed by atoms with Gasteiger partial charge in [-0.3, -0.25) is 9.69 Å². The summed E-state index contributed by atoms with van der Waals surface area (Å²) >= 11 is 10.3. The Bertz CT molecular complexity index is 1000. The molecule has 3 rings (SSSR count). The number of amides is 1. The van der Waals surface area contributed by atoms with Gasteiger partial charge in [-0.15, -0.1) is 0 Å². The molecular formula is C22H22BrNO3S2. The molecule has 0 atom stereocenters. The standard InChI is InChI=1S/C22H22BrNO3S2/c1-5-26-18-11-15(10-17(23)20(18)27-6-2)12-19-21(25)24(22(28)29-19)16-8-7-13(3)14(4)9-16/h7-12H,5-6H2,1-4H3/b19-12+. The minimum Gasteiger partial charge on any atom is -0.490 e. The van der Waals surface area contributed by atoms with Crippen molar-refractivity contribution in [1.82, 2.24) is 0 Å². The maximum atomic E-state index is 13.1. The molecule has 2 aromatic rings. The number of hydrogen-bond donors (Lipinski definition) is 0. The van der Waals surface area contributed by atoms with E-state index in [0.29, 0.717) is 33.9 Å². The van der Waals surface area contributed by atoms with E-state index in [2.05, 4.69) is 15.9 Å². The lowest BCUT2D eigenvalue weighted by Gasteiger charge is -2.16. The molecule has 0 aliphatic carbocycles. The Kier molecular flexibility index (Phi) is 7.03. The Morgan fingerprint density at radius 3 is 2.48 bits per heavy atom. The molecule has 4 nitrogen and oxygen atoms in total. The number of halogens is 1. The molecule has 0 saturated carbocycles. The molecule has 1 aliphatic heterocycles. The number of rotatable bonds is 6. The lowest BCUT2D eigenvalue weighted by Crippen LogP contribution is -2.27. The fourth-order valence-electron chi connectivity index (χ4n) is 2.93. The molecule has 1 aliphatic rings. The van der Waals surface area contributed by atoms with Crippen LogP contribution in [0.25, 0.3) is 6.08 Å². The second kappa shape index (κ2) is 9.32. The molecule has 1 amide bonds. The highest BCUT2D eigenvalue weighted by atomic mass is 79.9. The number of carbonyl (C=O) groups is 1. The average Bonchev–Trinajstić information content (AvgIpc) is 2.94. The third-order valence-electron chi connectivity index (χ3n) is 4.46. The van der Waals surface area contributed by atoms with Crippen molar-refractivity contribution in [3.8, 4) is 11.5 Å². The summed E-state index contributed by atoms with van der Waals surface area (Å²) in [5, 5.41) is 0. The van der Waals surface area contributed by atoms with Gasteiger partial charge in [-0.1, -0.05) is 30.0 Å². The third kappa shape index (κ3) is 4.68. The summed E-state index contributed by atoms with van der Waals surface area (Å²) in [5.41, 5.74) is 3.93. The molecule has 0 aromatic heterocycles. The van der Waals surface area contributed by atoms with Crippen molar-refractivity contribution in [1.29, 1.82) is 0 Å². The van der Waals surface area contributed by atoms with Gasteiger partial charge in [-0.2, -0.15) is 0 Å². The quantitative estimate of drug-likeness (QED) is 0.351. The van der Waals surface area contributed by atoms with Crippen LogP contribution in [-0.2, 0) is 4.79 Å². The van der Waals surface area contributed by atoms with Crippen LogP contribution in [0.1, 0.15) is 30.5 Å². The van der Waals surface area contributed by atoms with Crippen molar-refractivity contribution in [2.45, 2.75) is 27.7 Å². The van der Waals surface area contributed by atoms with Crippen LogP contribution < -0.4 is 14.4 Å². The molecule has 0 spiro atoms. The van der Waals surface area contributed by atoms with E-state index in [-0.39, 0.29) is 5.91 Å². The Balaban J connectivity index is 1.95.